The van der Waals surface area contributed by atoms with E-state index in [2.05, 4.69) is 5.32 Å². The molecule has 1 aromatic carbocycles. The second kappa shape index (κ2) is 6.39. The Hall–Kier alpha value is -1.69. The van der Waals surface area contributed by atoms with Gasteiger partial charge in [-0.25, -0.2) is 8.42 Å². The van der Waals surface area contributed by atoms with Gasteiger partial charge in [0.1, 0.15) is 5.78 Å². The molecule has 1 fully saturated rings. The SMILES string of the molecule is CS(=O)(=O)c1ccc(CNC(=O)C2CCC(=O)CC2)cc1. The molecule has 0 unspecified atom stereocenters. The van der Waals surface area contributed by atoms with E-state index in [1.165, 1.54) is 12.1 Å². The molecule has 114 valence electrons. The number of ketones is 1. The predicted molar refractivity (Wildman–Crippen MR) is 78.4 cm³/mol. The second-order valence-corrected chi connectivity index (χ2v) is 7.46. The summed E-state index contributed by atoms with van der Waals surface area (Å²) in [6, 6.07) is 6.47. The summed E-state index contributed by atoms with van der Waals surface area (Å²) in [4.78, 5) is 23.4. The van der Waals surface area contributed by atoms with Crippen molar-refractivity contribution in [2.75, 3.05) is 6.26 Å². The van der Waals surface area contributed by atoms with Crippen LogP contribution < -0.4 is 5.32 Å². The normalized spacial score (nSPS) is 16.7. The van der Waals surface area contributed by atoms with Crippen molar-refractivity contribution in [3.05, 3.63) is 29.8 Å². The summed E-state index contributed by atoms with van der Waals surface area (Å²) in [6.45, 7) is 0.368. The molecular formula is C15H19NO4S. The van der Waals surface area contributed by atoms with Crippen molar-refractivity contribution in [3.8, 4) is 0 Å². The lowest BCUT2D eigenvalue weighted by Gasteiger charge is -2.20. The smallest absolute Gasteiger partial charge is 0.223 e. The Balaban J connectivity index is 1.88. The van der Waals surface area contributed by atoms with Gasteiger partial charge in [-0.05, 0) is 30.5 Å². The summed E-state index contributed by atoms with van der Waals surface area (Å²) in [6.07, 6.45) is 3.38. The Morgan fingerprint density at radius 3 is 2.29 bits per heavy atom. The fraction of sp³-hybridized carbons (Fsp3) is 0.467. The van der Waals surface area contributed by atoms with E-state index in [9.17, 15) is 18.0 Å². The number of carbonyl (C=O) groups excluding carboxylic acids is 2. The number of hydrogen-bond acceptors (Lipinski definition) is 4. The average molecular weight is 309 g/mol. The maximum atomic E-state index is 12.0. The van der Waals surface area contributed by atoms with Crippen molar-refractivity contribution < 1.29 is 18.0 Å². The van der Waals surface area contributed by atoms with E-state index in [0.717, 1.165) is 11.8 Å². The van der Waals surface area contributed by atoms with Crippen LogP contribution in [0.3, 0.4) is 0 Å². The lowest BCUT2D eigenvalue weighted by atomic mass is 9.88. The van der Waals surface area contributed by atoms with Crippen LogP contribution in [0.2, 0.25) is 0 Å². The number of nitrogens with one attached hydrogen (secondary N) is 1. The molecule has 1 aromatic rings. The molecule has 0 aliphatic heterocycles. The monoisotopic (exact) mass is 309 g/mol. The van der Waals surface area contributed by atoms with Gasteiger partial charge in [-0.2, -0.15) is 0 Å². The topological polar surface area (TPSA) is 80.3 Å². The summed E-state index contributed by atoms with van der Waals surface area (Å²) in [5.74, 6) is 0.114. The lowest BCUT2D eigenvalue weighted by molar-refractivity contribution is -0.128. The Bertz CT molecular complexity index is 624. The van der Waals surface area contributed by atoms with Gasteiger partial charge in [0, 0.05) is 31.6 Å². The fourth-order valence-electron chi connectivity index (χ4n) is 2.39. The molecule has 0 spiro atoms. The van der Waals surface area contributed by atoms with Gasteiger partial charge in [0.2, 0.25) is 5.91 Å². The first kappa shape index (κ1) is 15.7. The summed E-state index contributed by atoms with van der Waals surface area (Å²) in [5, 5.41) is 2.84. The van der Waals surface area contributed by atoms with Crippen LogP contribution in [0.5, 0.6) is 0 Å². The van der Waals surface area contributed by atoms with Crippen molar-refractivity contribution in [2.45, 2.75) is 37.1 Å². The minimum atomic E-state index is -3.19. The standard InChI is InChI=1S/C15H19NO4S/c1-21(19,20)14-8-2-11(3-9-14)10-16-15(18)12-4-6-13(17)7-5-12/h2-3,8-9,12H,4-7,10H2,1H3,(H,16,18). The van der Waals surface area contributed by atoms with Crippen molar-refractivity contribution in [1.29, 1.82) is 0 Å². The van der Waals surface area contributed by atoms with Gasteiger partial charge >= 0.3 is 0 Å². The first-order valence-corrected chi connectivity index (χ1v) is 8.84. The van der Waals surface area contributed by atoms with Gasteiger partial charge in [-0.1, -0.05) is 12.1 Å². The first-order chi connectivity index (χ1) is 9.86. The van der Waals surface area contributed by atoms with Crippen LogP contribution in [0, 0.1) is 5.92 Å². The highest BCUT2D eigenvalue weighted by molar-refractivity contribution is 7.90. The highest BCUT2D eigenvalue weighted by atomic mass is 32.2. The van der Waals surface area contributed by atoms with Crippen molar-refractivity contribution >= 4 is 21.5 Å². The summed E-state index contributed by atoms with van der Waals surface area (Å²) in [7, 11) is -3.19. The third kappa shape index (κ3) is 4.39. The number of hydrogen-bond donors (Lipinski definition) is 1. The fourth-order valence-corrected chi connectivity index (χ4v) is 3.02. The molecule has 0 bridgehead atoms. The highest BCUT2D eigenvalue weighted by Gasteiger charge is 2.24. The van der Waals surface area contributed by atoms with Crippen LogP contribution in [0.15, 0.2) is 29.2 Å². The van der Waals surface area contributed by atoms with Crippen molar-refractivity contribution in [2.24, 2.45) is 5.92 Å². The number of benzene rings is 1. The molecule has 2 rings (SSSR count). The summed E-state index contributed by atoms with van der Waals surface area (Å²) < 4.78 is 22.7. The minimum absolute atomic E-state index is 0.0327. The predicted octanol–water partition coefficient (Wildman–Crippen LogP) is 1.47. The summed E-state index contributed by atoms with van der Waals surface area (Å²) >= 11 is 0. The Morgan fingerprint density at radius 2 is 1.76 bits per heavy atom. The largest absolute Gasteiger partial charge is 0.352 e. The van der Waals surface area contributed by atoms with E-state index in [0.29, 0.717) is 32.2 Å². The molecule has 6 heteroatoms. The average Bonchev–Trinajstić information content (AvgIpc) is 2.45. The van der Waals surface area contributed by atoms with Crippen LogP contribution in [-0.2, 0) is 26.0 Å². The maximum Gasteiger partial charge on any atom is 0.223 e. The first-order valence-electron chi connectivity index (χ1n) is 6.94. The van der Waals surface area contributed by atoms with Crippen LogP contribution >= 0.6 is 0 Å². The molecule has 0 saturated heterocycles. The second-order valence-electron chi connectivity index (χ2n) is 5.45. The van der Waals surface area contributed by atoms with E-state index < -0.39 is 9.84 Å². The van der Waals surface area contributed by atoms with Crippen LogP contribution in [0.25, 0.3) is 0 Å². The molecule has 1 saturated carbocycles. The van der Waals surface area contributed by atoms with E-state index >= 15 is 0 Å². The molecule has 1 aliphatic rings. The maximum absolute atomic E-state index is 12.0. The van der Waals surface area contributed by atoms with Crippen molar-refractivity contribution in [1.82, 2.24) is 5.32 Å². The third-order valence-corrected chi connectivity index (χ3v) is 4.86. The third-order valence-electron chi connectivity index (χ3n) is 3.73. The van der Waals surface area contributed by atoms with Crippen LogP contribution in [0.1, 0.15) is 31.2 Å². The highest BCUT2D eigenvalue weighted by Crippen LogP contribution is 2.21. The van der Waals surface area contributed by atoms with Gasteiger partial charge in [0.25, 0.3) is 0 Å². The molecule has 0 atom stereocenters. The minimum Gasteiger partial charge on any atom is -0.352 e. The van der Waals surface area contributed by atoms with Crippen molar-refractivity contribution in [3.63, 3.8) is 0 Å². The number of sulfone groups is 1. The zero-order valence-corrected chi connectivity index (χ0v) is 12.8. The Labute approximate surface area is 124 Å². The summed E-state index contributed by atoms with van der Waals surface area (Å²) in [5.41, 5.74) is 0.850. The molecule has 5 nitrogen and oxygen atoms in total. The number of amides is 1. The molecule has 21 heavy (non-hydrogen) atoms. The van der Waals surface area contributed by atoms with Gasteiger partial charge in [0.05, 0.1) is 4.90 Å². The number of carbonyl (C=O) groups is 2. The molecular weight excluding hydrogens is 290 g/mol. The zero-order chi connectivity index (χ0) is 15.5. The van der Waals surface area contributed by atoms with Crippen LogP contribution in [-0.4, -0.2) is 26.4 Å². The molecule has 1 aliphatic carbocycles. The number of Topliss-reactive ketones (excluding diaryl/α,β-unsaturated/α-hetero) is 1. The molecule has 1 N–H and O–H groups in total. The Morgan fingerprint density at radius 1 is 1.19 bits per heavy atom. The quantitative estimate of drug-likeness (QED) is 0.913. The van der Waals surface area contributed by atoms with Gasteiger partial charge in [-0.15, -0.1) is 0 Å². The van der Waals surface area contributed by atoms with E-state index in [1.807, 2.05) is 0 Å². The molecule has 0 heterocycles. The van der Waals surface area contributed by atoms with Gasteiger partial charge in [-0.3, -0.25) is 9.59 Å². The molecule has 0 radical (unpaired) electrons. The van der Waals surface area contributed by atoms with Gasteiger partial charge < -0.3 is 5.32 Å². The van der Waals surface area contributed by atoms with E-state index in [4.69, 9.17) is 0 Å². The lowest BCUT2D eigenvalue weighted by Crippen LogP contribution is -2.32. The van der Waals surface area contributed by atoms with E-state index in [1.54, 1.807) is 12.1 Å². The Kier molecular flexibility index (Phi) is 4.77. The zero-order valence-electron chi connectivity index (χ0n) is 12.0. The van der Waals surface area contributed by atoms with E-state index in [-0.39, 0.29) is 22.5 Å². The number of rotatable bonds is 4. The molecule has 0 aromatic heterocycles. The van der Waals surface area contributed by atoms with Crippen LogP contribution in [0.4, 0.5) is 0 Å². The molecule has 1 amide bonds. The van der Waals surface area contributed by atoms with Gasteiger partial charge in [0.15, 0.2) is 9.84 Å².